The molecule has 3 heteroatoms. The number of fused-ring (bicyclic) bond motifs is 2. The van der Waals surface area contributed by atoms with E-state index in [1.165, 1.54) is 12.8 Å². The second-order valence-corrected chi connectivity index (χ2v) is 5.96. The molecule has 3 unspecified atom stereocenters. The quantitative estimate of drug-likeness (QED) is 0.766. The summed E-state index contributed by atoms with van der Waals surface area (Å²) in [5.41, 5.74) is 0.527. The van der Waals surface area contributed by atoms with E-state index in [2.05, 4.69) is 26.1 Å². The van der Waals surface area contributed by atoms with Gasteiger partial charge in [0.05, 0.1) is 6.54 Å². The zero-order chi connectivity index (χ0) is 11.3. The summed E-state index contributed by atoms with van der Waals surface area (Å²) in [4.78, 5) is 0. The highest BCUT2D eigenvalue weighted by atomic mass is 19.3. The first-order valence-electron chi connectivity index (χ1n) is 5.89. The fourth-order valence-electron chi connectivity index (χ4n) is 3.74. The number of nitrogens with one attached hydrogen (secondary N) is 1. The predicted octanol–water partition coefficient (Wildman–Crippen LogP) is 3.06. The van der Waals surface area contributed by atoms with Crippen molar-refractivity contribution in [3.63, 3.8) is 0 Å². The summed E-state index contributed by atoms with van der Waals surface area (Å²) in [6.45, 7) is 6.72. The lowest BCUT2D eigenvalue weighted by Gasteiger charge is -2.39. The fraction of sp³-hybridized carbons (Fsp3) is 1.00. The second-order valence-electron chi connectivity index (χ2n) is 5.96. The SMILES string of the molecule is CC1(C)C2CCC1(C)C(NCC(F)F)C2. The summed E-state index contributed by atoms with van der Waals surface area (Å²) in [5.74, 6) is 0.720. The minimum atomic E-state index is -2.23. The molecule has 2 saturated carbocycles. The number of hydrogen-bond donors (Lipinski definition) is 1. The van der Waals surface area contributed by atoms with Crippen LogP contribution in [0.1, 0.15) is 40.0 Å². The van der Waals surface area contributed by atoms with E-state index in [0.717, 1.165) is 12.3 Å². The van der Waals surface area contributed by atoms with Gasteiger partial charge in [-0.1, -0.05) is 20.8 Å². The molecule has 0 radical (unpaired) electrons. The van der Waals surface area contributed by atoms with Crippen molar-refractivity contribution < 1.29 is 8.78 Å². The van der Waals surface area contributed by atoms with Crippen LogP contribution in [0.5, 0.6) is 0 Å². The van der Waals surface area contributed by atoms with Gasteiger partial charge in [-0.05, 0) is 36.0 Å². The first kappa shape index (κ1) is 11.3. The molecule has 1 nitrogen and oxygen atoms in total. The molecule has 2 aliphatic rings. The van der Waals surface area contributed by atoms with Crippen LogP contribution in [0, 0.1) is 16.7 Å². The Morgan fingerprint density at radius 1 is 1.33 bits per heavy atom. The van der Waals surface area contributed by atoms with Gasteiger partial charge >= 0.3 is 0 Å². The topological polar surface area (TPSA) is 12.0 Å². The summed E-state index contributed by atoms with van der Waals surface area (Å²) in [7, 11) is 0. The Kier molecular flexibility index (Phi) is 2.57. The van der Waals surface area contributed by atoms with Crippen LogP contribution in [-0.4, -0.2) is 19.0 Å². The van der Waals surface area contributed by atoms with Gasteiger partial charge in [-0.3, -0.25) is 0 Å². The summed E-state index contributed by atoms with van der Waals surface area (Å²) < 4.78 is 24.4. The first-order chi connectivity index (χ1) is 6.88. The van der Waals surface area contributed by atoms with Crippen LogP contribution in [0.4, 0.5) is 8.78 Å². The van der Waals surface area contributed by atoms with E-state index < -0.39 is 6.43 Å². The Labute approximate surface area is 90.6 Å². The number of hydrogen-bond acceptors (Lipinski definition) is 1. The maximum Gasteiger partial charge on any atom is 0.250 e. The van der Waals surface area contributed by atoms with Crippen LogP contribution in [0.2, 0.25) is 0 Å². The molecule has 2 aliphatic carbocycles. The van der Waals surface area contributed by atoms with Gasteiger partial charge in [-0.2, -0.15) is 0 Å². The lowest BCUT2D eigenvalue weighted by atomic mass is 9.69. The van der Waals surface area contributed by atoms with Gasteiger partial charge < -0.3 is 5.32 Å². The van der Waals surface area contributed by atoms with Gasteiger partial charge in [-0.15, -0.1) is 0 Å². The van der Waals surface area contributed by atoms with Crippen LogP contribution in [-0.2, 0) is 0 Å². The zero-order valence-electron chi connectivity index (χ0n) is 9.82. The molecular formula is C12H21F2N. The van der Waals surface area contributed by atoms with Gasteiger partial charge in [0.1, 0.15) is 0 Å². The maximum atomic E-state index is 12.2. The molecule has 2 bridgehead atoms. The van der Waals surface area contributed by atoms with E-state index >= 15 is 0 Å². The zero-order valence-corrected chi connectivity index (χ0v) is 9.82. The van der Waals surface area contributed by atoms with Crippen molar-refractivity contribution >= 4 is 0 Å². The van der Waals surface area contributed by atoms with E-state index in [1.54, 1.807) is 0 Å². The lowest BCUT2D eigenvalue weighted by molar-refractivity contribution is 0.0963. The molecular weight excluding hydrogens is 196 g/mol. The Morgan fingerprint density at radius 3 is 2.40 bits per heavy atom. The molecule has 2 rings (SSSR count). The van der Waals surface area contributed by atoms with Crippen molar-refractivity contribution in [3.8, 4) is 0 Å². The van der Waals surface area contributed by atoms with Crippen LogP contribution in [0.15, 0.2) is 0 Å². The standard InChI is InChI=1S/C12H21F2N/c1-11(2)8-4-5-12(11,3)9(6-8)15-7-10(13)14/h8-10,15H,4-7H2,1-3H3. The molecule has 0 aromatic heterocycles. The van der Waals surface area contributed by atoms with E-state index in [4.69, 9.17) is 0 Å². The molecule has 15 heavy (non-hydrogen) atoms. The summed E-state index contributed by atoms with van der Waals surface area (Å²) in [5, 5.41) is 3.06. The molecule has 1 N–H and O–H groups in total. The Bertz CT molecular complexity index is 252. The maximum absolute atomic E-state index is 12.2. The molecule has 3 atom stereocenters. The van der Waals surface area contributed by atoms with Crippen LogP contribution >= 0.6 is 0 Å². The highest BCUT2D eigenvalue weighted by molar-refractivity contribution is 5.12. The Morgan fingerprint density at radius 2 is 2.00 bits per heavy atom. The average molecular weight is 217 g/mol. The molecule has 2 fully saturated rings. The molecule has 0 saturated heterocycles. The third kappa shape index (κ3) is 1.50. The van der Waals surface area contributed by atoms with E-state index in [1.807, 2.05) is 0 Å². The van der Waals surface area contributed by atoms with Gasteiger partial charge in [0.25, 0.3) is 6.43 Å². The minimum absolute atomic E-state index is 0.150. The molecule has 88 valence electrons. The van der Waals surface area contributed by atoms with Crippen molar-refractivity contribution in [3.05, 3.63) is 0 Å². The van der Waals surface area contributed by atoms with Crippen LogP contribution < -0.4 is 5.32 Å². The molecule has 0 spiro atoms. The third-order valence-electron chi connectivity index (χ3n) is 5.31. The summed E-state index contributed by atoms with van der Waals surface area (Å²) in [6.07, 6.45) is 1.31. The van der Waals surface area contributed by atoms with E-state index in [0.29, 0.717) is 11.5 Å². The van der Waals surface area contributed by atoms with Crippen molar-refractivity contribution in [2.45, 2.75) is 52.5 Å². The number of halogens is 2. The highest BCUT2D eigenvalue weighted by Gasteiger charge is 2.61. The lowest BCUT2D eigenvalue weighted by Crippen LogP contribution is -2.45. The number of alkyl halides is 2. The van der Waals surface area contributed by atoms with Crippen molar-refractivity contribution in [1.82, 2.24) is 5.32 Å². The highest BCUT2D eigenvalue weighted by Crippen LogP contribution is 2.65. The smallest absolute Gasteiger partial charge is 0.250 e. The van der Waals surface area contributed by atoms with Crippen LogP contribution in [0.25, 0.3) is 0 Å². The molecule has 0 aromatic rings. The van der Waals surface area contributed by atoms with Gasteiger partial charge in [-0.25, -0.2) is 8.78 Å². The molecule has 0 amide bonds. The van der Waals surface area contributed by atoms with Gasteiger partial charge in [0, 0.05) is 6.04 Å². The normalized spacial score (nSPS) is 42.8. The third-order valence-corrected chi connectivity index (χ3v) is 5.31. The number of rotatable bonds is 3. The minimum Gasteiger partial charge on any atom is -0.308 e. The van der Waals surface area contributed by atoms with Crippen molar-refractivity contribution in [2.24, 2.45) is 16.7 Å². The van der Waals surface area contributed by atoms with E-state index in [9.17, 15) is 8.78 Å². The molecule has 0 aliphatic heterocycles. The van der Waals surface area contributed by atoms with Crippen molar-refractivity contribution in [1.29, 1.82) is 0 Å². The fourth-order valence-corrected chi connectivity index (χ4v) is 3.74. The summed E-state index contributed by atoms with van der Waals surface area (Å²) in [6, 6.07) is 0.292. The Balaban J connectivity index is 2.06. The average Bonchev–Trinajstić information content (AvgIpc) is 2.46. The molecule has 0 heterocycles. The van der Waals surface area contributed by atoms with E-state index in [-0.39, 0.29) is 12.0 Å². The van der Waals surface area contributed by atoms with Gasteiger partial charge in [0.2, 0.25) is 0 Å². The summed E-state index contributed by atoms with van der Waals surface area (Å²) >= 11 is 0. The van der Waals surface area contributed by atoms with Crippen molar-refractivity contribution in [2.75, 3.05) is 6.54 Å². The monoisotopic (exact) mass is 217 g/mol. The van der Waals surface area contributed by atoms with Crippen LogP contribution in [0.3, 0.4) is 0 Å². The predicted molar refractivity (Wildman–Crippen MR) is 57.0 cm³/mol. The largest absolute Gasteiger partial charge is 0.308 e. The Hall–Kier alpha value is -0.180. The van der Waals surface area contributed by atoms with Gasteiger partial charge in [0.15, 0.2) is 0 Å². The molecule has 0 aromatic carbocycles. The first-order valence-corrected chi connectivity index (χ1v) is 5.89. The second kappa shape index (κ2) is 3.41.